The summed E-state index contributed by atoms with van der Waals surface area (Å²) in [6.07, 6.45) is 9.65. The number of sulfonamides is 1. The van der Waals surface area contributed by atoms with Crippen LogP contribution in [0.3, 0.4) is 0 Å². The number of amides is 2. The fourth-order valence-corrected chi connectivity index (χ4v) is 12.1. The molecule has 0 aliphatic carbocycles. The zero-order chi connectivity index (χ0) is 45.9. The van der Waals surface area contributed by atoms with Crippen LogP contribution in [0.5, 0.6) is 11.5 Å². The topological polar surface area (TPSA) is 193 Å². The van der Waals surface area contributed by atoms with E-state index in [0.717, 1.165) is 117 Å². The molecule has 15 nitrogen and oxygen atoms in total. The number of nitrogens with zero attached hydrogens (tertiary/aromatic N) is 2. The molecule has 352 valence electrons. The van der Waals surface area contributed by atoms with Gasteiger partial charge in [0.05, 0.1) is 36.9 Å². The Kier molecular flexibility index (Phi) is 14.7. The standard InChI is InChI=1S/C48H63N5O10S2/c1-4-42(54)50-31(2)29-61-24-25-62-30-32(3)51-43(55)16-6-5-7-19-49-64(56,57)35-17-18-36(41(28-35)65(58,59)60)44-39-26-33-12-8-20-52-22-10-14-37(45(33)52)47(39)63-48-38-15-11-23-53-21-9-13-34(46(38)53)27-40(44)48/h17-18,26-28,31-32,49H,4-16,19-25,29-30H2,1-3H3,(H2-,50,51,54,55,58,59,60)/p+1. The molecule has 8 rings (SSSR count). The van der Waals surface area contributed by atoms with Crippen molar-refractivity contribution in [2.75, 3.05) is 64.1 Å². The highest BCUT2D eigenvalue weighted by Crippen LogP contribution is 2.49. The molecule has 2 amide bonds. The first-order chi connectivity index (χ1) is 31.2. The quantitative estimate of drug-likeness (QED) is 0.0575. The number of rotatable bonds is 20. The van der Waals surface area contributed by atoms with Crippen LogP contribution in [0.25, 0.3) is 5.57 Å². The number of anilines is 1. The molecule has 2 atom stereocenters. The van der Waals surface area contributed by atoms with Crippen LogP contribution in [0, 0.1) is 0 Å². The van der Waals surface area contributed by atoms with E-state index in [9.17, 15) is 31.0 Å². The highest BCUT2D eigenvalue weighted by Gasteiger charge is 2.37. The Morgan fingerprint density at radius 1 is 0.800 bits per heavy atom. The molecule has 0 aromatic heterocycles. The molecule has 5 aliphatic heterocycles. The van der Waals surface area contributed by atoms with Gasteiger partial charge in [0.2, 0.25) is 27.2 Å². The third kappa shape index (κ3) is 10.4. The summed E-state index contributed by atoms with van der Waals surface area (Å²) in [6, 6.07) is 7.99. The first-order valence-electron chi connectivity index (χ1n) is 23.5. The Labute approximate surface area is 382 Å². The van der Waals surface area contributed by atoms with Crippen LogP contribution >= 0.6 is 0 Å². The zero-order valence-corrected chi connectivity index (χ0v) is 39.6. The van der Waals surface area contributed by atoms with Crippen LogP contribution in [0.2, 0.25) is 0 Å². The van der Waals surface area contributed by atoms with E-state index in [-0.39, 0.29) is 47.3 Å². The lowest BCUT2D eigenvalue weighted by Gasteiger charge is -2.39. The van der Waals surface area contributed by atoms with Gasteiger partial charge in [-0.05, 0) is 95.0 Å². The minimum absolute atomic E-state index is 0.0256. The van der Waals surface area contributed by atoms with Crippen LogP contribution in [0.15, 0.2) is 40.1 Å². The minimum atomic E-state index is -4.93. The van der Waals surface area contributed by atoms with Crippen molar-refractivity contribution in [2.45, 2.75) is 126 Å². The predicted molar refractivity (Wildman–Crippen MR) is 247 cm³/mol. The maximum absolute atomic E-state index is 13.7. The van der Waals surface area contributed by atoms with Crippen LogP contribution in [0.1, 0.15) is 112 Å². The number of benzene rings is 3. The monoisotopic (exact) mass is 934 g/mol. The molecular formula is C48H64N5O10S2+. The van der Waals surface area contributed by atoms with Gasteiger partial charge >= 0.3 is 0 Å². The van der Waals surface area contributed by atoms with Gasteiger partial charge in [-0.1, -0.05) is 19.4 Å². The predicted octanol–water partition coefficient (Wildman–Crippen LogP) is 3.66. The molecule has 0 bridgehead atoms. The molecule has 3 aromatic rings. The maximum Gasteiger partial charge on any atom is 0.295 e. The van der Waals surface area contributed by atoms with Gasteiger partial charge < -0.3 is 29.7 Å². The van der Waals surface area contributed by atoms with E-state index in [4.69, 9.17) is 14.2 Å². The van der Waals surface area contributed by atoms with Crippen molar-refractivity contribution in [3.05, 3.63) is 74.3 Å². The lowest BCUT2D eigenvalue weighted by molar-refractivity contribution is -0.123. The van der Waals surface area contributed by atoms with Crippen LogP contribution in [0.4, 0.5) is 5.69 Å². The van der Waals surface area contributed by atoms with Crippen LogP contribution < -0.4 is 40.1 Å². The Hall–Kier alpha value is -4.39. The summed E-state index contributed by atoms with van der Waals surface area (Å²) in [7, 11) is -9.12. The minimum Gasteiger partial charge on any atom is -0.455 e. The summed E-state index contributed by atoms with van der Waals surface area (Å²) >= 11 is 0. The Morgan fingerprint density at radius 3 is 2.20 bits per heavy atom. The molecule has 0 radical (unpaired) electrons. The summed E-state index contributed by atoms with van der Waals surface area (Å²) in [4.78, 5) is 25.7. The van der Waals surface area contributed by atoms with E-state index < -0.39 is 25.0 Å². The second-order valence-corrected chi connectivity index (χ2v) is 21.3. The molecule has 5 heterocycles. The maximum atomic E-state index is 13.7. The fraction of sp³-hybridized carbons (Fsp3) is 0.562. The number of carbonyl (C=O) groups is 2. The van der Waals surface area contributed by atoms with E-state index in [1.54, 1.807) is 6.92 Å². The number of hydrogen-bond donors (Lipinski definition) is 4. The van der Waals surface area contributed by atoms with Gasteiger partial charge in [0.15, 0.2) is 0 Å². The molecule has 65 heavy (non-hydrogen) atoms. The van der Waals surface area contributed by atoms with Crippen molar-refractivity contribution < 1.29 is 45.2 Å². The van der Waals surface area contributed by atoms with Crippen molar-refractivity contribution in [2.24, 2.45) is 0 Å². The molecule has 0 saturated heterocycles. The summed E-state index contributed by atoms with van der Waals surface area (Å²) in [6.45, 7) is 10.9. The number of hydrogen-bond acceptors (Lipinski definition) is 10. The van der Waals surface area contributed by atoms with Crippen molar-refractivity contribution in [1.29, 1.82) is 0 Å². The smallest absolute Gasteiger partial charge is 0.295 e. The number of fused-ring (bicyclic) bond motifs is 4. The molecule has 0 spiro atoms. The molecule has 3 aromatic carbocycles. The van der Waals surface area contributed by atoms with Crippen molar-refractivity contribution in [3.63, 3.8) is 0 Å². The van der Waals surface area contributed by atoms with Gasteiger partial charge in [0.1, 0.15) is 29.5 Å². The number of carbonyl (C=O) groups excluding carboxylic acids is 2. The Balaban J connectivity index is 0.952. The third-order valence-corrected chi connectivity index (χ3v) is 15.5. The highest BCUT2D eigenvalue weighted by atomic mass is 32.2. The van der Waals surface area contributed by atoms with Gasteiger partial charge in [-0.2, -0.15) is 8.42 Å². The Morgan fingerprint density at radius 2 is 1.48 bits per heavy atom. The van der Waals surface area contributed by atoms with E-state index in [2.05, 4.69) is 37.0 Å². The van der Waals surface area contributed by atoms with Crippen LogP contribution in [-0.4, -0.2) is 104 Å². The number of ether oxygens (including phenoxy) is 3. The van der Waals surface area contributed by atoms with Gasteiger partial charge in [0.25, 0.3) is 10.1 Å². The van der Waals surface area contributed by atoms with Crippen LogP contribution in [-0.2, 0) is 64.9 Å². The van der Waals surface area contributed by atoms with Crippen molar-refractivity contribution in [1.82, 2.24) is 19.9 Å². The average molecular weight is 935 g/mol. The Bertz CT molecular complexity index is 2680. The first kappa shape index (κ1) is 47.1. The first-order valence-corrected chi connectivity index (χ1v) is 26.4. The van der Waals surface area contributed by atoms with Gasteiger partial charge in [-0.15, -0.1) is 0 Å². The second kappa shape index (κ2) is 20.2. The summed E-state index contributed by atoms with van der Waals surface area (Å²) in [5.41, 5.74) is 7.49. The summed E-state index contributed by atoms with van der Waals surface area (Å²) in [5.74, 6) is 1.29. The average Bonchev–Trinajstić information content (AvgIpc) is 3.28. The summed E-state index contributed by atoms with van der Waals surface area (Å²) < 4.78 is 88.5. The molecule has 2 unspecified atom stereocenters. The van der Waals surface area contributed by atoms with E-state index >= 15 is 0 Å². The molecule has 5 aliphatic rings. The zero-order valence-electron chi connectivity index (χ0n) is 37.9. The summed E-state index contributed by atoms with van der Waals surface area (Å²) in [5, 5.41) is 7.73. The van der Waals surface area contributed by atoms with Crippen molar-refractivity contribution >= 4 is 43.2 Å². The molecular weight excluding hydrogens is 871 g/mol. The lowest BCUT2D eigenvalue weighted by Crippen LogP contribution is -2.45. The van der Waals surface area contributed by atoms with E-state index in [1.807, 2.05) is 13.8 Å². The second-order valence-electron chi connectivity index (χ2n) is 18.1. The largest absolute Gasteiger partial charge is 0.455 e. The molecule has 0 fully saturated rings. The van der Waals surface area contributed by atoms with Gasteiger partial charge in [0, 0.05) is 96.1 Å². The van der Waals surface area contributed by atoms with Gasteiger partial charge in [-0.3, -0.25) is 14.1 Å². The molecule has 17 heteroatoms. The third-order valence-electron chi connectivity index (χ3n) is 13.1. The SMILES string of the molecule is CCC(=O)NC(C)COCCOCC(C)NC(=O)CCCCCNS(=O)(=O)c1ccc(C2=c3cc4c5c(c3Oc3c2cc2c6c3CCCN6CCC2)CCC[N+]=5CCC4)c(S(=O)(=O)O)c1. The fourth-order valence-electron chi connectivity index (χ4n) is 10.2. The normalized spacial score (nSPS) is 17.3. The van der Waals surface area contributed by atoms with Crippen molar-refractivity contribution in [3.8, 4) is 11.5 Å². The number of nitrogens with one attached hydrogen (secondary N) is 3. The van der Waals surface area contributed by atoms with Gasteiger partial charge in [-0.25, -0.2) is 17.7 Å². The highest BCUT2D eigenvalue weighted by molar-refractivity contribution is 7.89. The number of unbranched alkanes of at least 4 members (excludes halogenated alkanes) is 2. The number of aryl methyl sites for hydroxylation is 2. The molecule has 4 N–H and O–H groups in total. The van der Waals surface area contributed by atoms with E-state index in [0.29, 0.717) is 57.7 Å². The molecule has 0 saturated carbocycles. The van der Waals surface area contributed by atoms with E-state index in [1.165, 1.54) is 34.3 Å². The lowest BCUT2D eigenvalue weighted by atomic mass is 9.82.